The minimum atomic E-state index is -2.24. The third-order valence-electron chi connectivity index (χ3n) is 4.89. The zero-order chi connectivity index (χ0) is 23.0. The fraction of sp³-hybridized carbons (Fsp3) is 0.222. The van der Waals surface area contributed by atoms with Crippen LogP contribution in [-0.4, -0.2) is 20.9 Å². The molecule has 0 N–H and O–H groups in total. The summed E-state index contributed by atoms with van der Waals surface area (Å²) in [6.07, 6.45) is 0.131. The molecule has 3 nitrogen and oxygen atoms in total. The maximum absolute atomic E-state index is 12.5. The van der Waals surface area contributed by atoms with Gasteiger partial charge in [0.2, 0.25) is 8.32 Å². The second-order valence-corrected chi connectivity index (χ2v) is 16.2. The lowest BCUT2D eigenvalue weighted by atomic mass is 10.3. The number of ether oxygens (including phenoxy) is 1. The second kappa shape index (κ2) is 12.2. The van der Waals surface area contributed by atoms with E-state index >= 15 is 0 Å². The van der Waals surface area contributed by atoms with Crippen molar-refractivity contribution < 1.29 is 26.4 Å². The first-order chi connectivity index (χ1) is 15.3. The van der Waals surface area contributed by atoms with Crippen LogP contribution >= 0.6 is 7.26 Å². The summed E-state index contributed by atoms with van der Waals surface area (Å²) < 4.78 is 11.8. The molecule has 0 aliphatic heterocycles. The largest absolute Gasteiger partial charge is 1.00 e. The van der Waals surface area contributed by atoms with Crippen LogP contribution in [0.1, 0.15) is 13.3 Å². The Labute approximate surface area is 205 Å². The maximum Gasteiger partial charge on any atom is 0.313 e. The number of carbonyl (C=O) groups is 1. The van der Waals surface area contributed by atoms with Gasteiger partial charge in [0.25, 0.3) is 0 Å². The van der Waals surface area contributed by atoms with Gasteiger partial charge in [-0.15, -0.1) is 0 Å². The summed E-state index contributed by atoms with van der Waals surface area (Å²) in [4.78, 5) is 12.5. The van der Waals surface area contributed by atoms with Gasteiger partial charge >= 0.3 is 5.97 Å². The van der Waals surface area contributed by atoms with Crippen LogP contribution < -0.4 is 28.3 Å². The number of hydrogen-bond acceptors (Lipinski definition) is 3. The van der Waals surface area contributed by atoms with Crippen LogP contribution in [0.15, 0.2) is 103 Å². The first kappa shape index (κ1) is 26.9. The van der Waals surface area contributed by atoms with E-state index in [9.17, 15) is 4.79 Å². The normalized spacial score (nSPS) is 11.9. The molecule has 0 saturated heterocycles. The van der Waals surface area contributed by atoms with E-state index in [1.165, 1.54) is 15.9 Å². The summed E-state index contributed by atoms with van der Waals surface area (Å²) in [6, 6.07) is 31.7. The molecule has 0 unspecified atom stereocenters. The van der Waals surface area contributed by atoms with Gasteiger partial charge in [0.05, 0.1) is 6.61 Å². The number of halogens is 1. The third kappa shape index (κ3) is 7.04. The zero-order valence-electron chi connectivity index (χ0n) is 19.7. The highest BCUT2D eigenvalue weighted by Gasteiger charge is 2.45. The minimum absolute atomic E-state index is 0. The monoisotopic (exact) mass is 498 g/mol. The Kier molecular flexibility index (Phi) is 9.91. The number of rotatable bonds is 9. The van der Waals surface area contributed by atoms with Crippen LogP contribution in [-0.2, 0) is 14.0 Å². The summed E-state index contributed by atoms with van der Waals surface area (Å²) in [7, 11) is -4.21. The average molecular weight is 499 g/mol. The van der Waals surface area contributed by atoms with Crippen molar-refractivity contribution in [2.24, 2.45) is 0 Å². The molecule has 0 aromatic heterocycles. The summed E-state index contributed by atoms with van der Waals surface area (Å²) in [5.74, 6) is 2.68. The van der Waals surface area contributed by atoms with E-state index in [1.54, 1.807) is 0 Å². The Hall–Kier alpha value is -2.39. The van der Waals surface area contributed by atoms with Crippen LogP contribution in [0.3, 0.4) is 0 Å². The number of carbonyl (C=O) groups excluding carboxylic acids is 1. The van der Waals surface area contributed by atoms with E-state index in [-0.39, 0.29) is 24.8 Å². The standard InChI is InChI=1S/C27H32O3PSi.ClH/c1-5-29-27(28)21-23(30-32(2,3)4)22-31(24-15-9-6-10-16-24,25-17-11-7-12-18-25)26-19-13-8-14-20-26;/h6-20,22H,5,21H2,1-4H3;1H/q+1;/p-1/b23-22+;. The maximum atomic E-state index is 12.5. The van der Waals surface area contributed by atoms with Crippen molar-refractivity contribution in [1.29, 1.82) is 0 Å². The van der Waals surface area contributed by atoms with E-state index in [0.717, 1.165) is 0 Å². The molecule has 3 aromatic carbocycles. The summed E-state index contributed by atoms with van der Waals surface area (Å²) >= 11 is 0. The molecular weight excluding hydrogens is 467 g/mol. The van der Waals surface area contributed by atoms with Crippen molar-refractivity contribution >= 4 is 37.5 Å². The molecule has 0 spiro atoms. The fourth-order valence-electron chi connectivity index (χ4n) is 3.73. The van der Waals surface area contributed by atoms with Crippen LogP contribution in [0.4, 0.5) is 0 Å². The van der Waals surface area contributed by atoms with Crippen molar-refractivity contribution in [3.63, 3.8) is 0 Å². The summed E-state index contributed by atoms with van der Waals surface area (Å²) in [5, 5.41) is 3.66. The lowest BCUT2D eigenvalue weighted by Gasteiger charge is -2.27. The fourth-order valence-corrected chi connectivity index (χ4v) is 8.59. The first-order valence-corrected chi connectivity index (χ1v) is 16.2. The summed E-state index contributed by atoms with van der Waals surface area (Å²) in [6.45, 7) is 8.60. The molecule has 0 heterocycles. The Bertz CT molecular complexity index is 939. The highest BCUT2D eigenvalue weighted by molar-refractivity contribution is 7.98. The SMILES string of the molecule is CCOC(=O)C/C(=C\[P+](c1ccccc1)(c1ccccc1)c1ccccc1)O[Si](C)(C)C.[Cl-]. The molecule has 3 aromatic rings. The molecule has 3 rings (SSSR count). The molecule has 33 heavy (non-hydrogen) atoms. The number of benzene rings is 3. The van der Waals surface area contributed by atoms with Gasteiger partial charge < -0.3 is 21.6 Å². The van der Waals surface area contributed by atoms with Gasteiger partial charge in [-0.3, -0.25) is 4.79 Å². The van der Waals surface area contributed by atoms with Crippen molar-refractivity contribution in [2.75, 3.05) is 6.61 Å². The third-order valence-corrected chi connectivity index (χ3v) is 9.78. The predicted molar refractivity (Wildman–Crippen MR) is 139 cm³/mol. The molecule has 0 aliphatic rings. The smallest absolute Gasteiger partial charge is 0.313 e. The van der Waals surface area contributed by atoms with E-state index in [2.05, 4.69) is 98.3 Å². The van der Waals surface area contributed by atoms with Gasteiger partial charge in [0, 0.05) is 0 Å². The lowest BCUT2D eigenvalue weighted by molar-refractivity contribution is -0.142. The molecule has 0 bridgehead atoms. The Morgan fingerprint density at radius 3 is 1.52 bits per heavy atom. The highest BCUT2D eigenvalue weighted by Crippen LogP contribution is 2.58. The molecular formula is C27H32ClO3PSi. The minimum Gasteiger partial charge on any atom is -1.00 e. The van der Waals surface area contributed by atoms with Gasteiger partial charge in [-0.1, -0.05) is 54.6 Å². The average Bonchev–Trinajstić information content (AvgIpc) is 2.78. The molecule has 0 atom stereocenters. The Balaban J connectivity index is 0.00000385. The Morgan fingerprint density at radius 1 is 0.788 bits per heavy atom. The highest BCUT2D eigenvalue weighted by atomic mass is 35.5. The van der Waals surface area contributed by atoms with E-state index in [4.69, 9.17) is 9.16 Å². The second-order valence-electron chi connectivity index (χ2n) is 8.52. The van der Waals surface area contributed by atoms with Crippen LogP contribution in [0.2, 0.25) is 19.6 Å². The molecule has 0 aliphatic carbocycles. The number of esters is 1. The lowest BCUT2D eigenvalue weighted by Crippen LogP contribution is -3.00. The molecule has 6 heteroatoms. The quantitative estimate of drug-likeness (QED) is 0.197. The first-order valence-electron chi connectivity index (χ1n) is 11.0. The van der Waals surface area contributed by atoms with Crippen LogP contribution in [0.5, 0.6) is 0 Å². The molecule has 0 fully saturated rings. The van der Waals surface area contributed by atoms with Gasteiger partial charge in [0.1, 0.15) is 41.2 Å². The van der Waals surface area contributed by atoms with Crippen LogP contribution in [0, 0.1) is 0 Å². The Morgan fingerprint density at radius 2 is 1.18 bits per heavy atom. The molecule has 0 radical (unpaired) electrons. The van der Waals surface area contributed by atoms with Crippen molar-refractivity contribution in [2.45, 2.75) is 33.0 Å². The molecule has 174 valence electrons. The van der Waals surface area contributed by atoms with E-state index in [1.807, 2.05) is 25.1 Å². The number of hydrogen-bond donors (Lipinski definition) is 0. The van der Waals surface area contributed by atoms with E-state index < -0.39 is 15.6 Å². The topological polar surface area (TPSA) is 35.5 Å². The van der Waals surface area contributed by atoms with Gasteiger partial charge in [-0.2, -0.15) is 0 Å². The van der Waals surface area contributed by atoms with Crippen molar-refractivity contribution in [1.82, 2.24) is 0 Å². The molecule has 0 amide bonds. The van der Waals surface area contributed by atoms with E-state index in [0.29, 0.717) is 12.4 Å². The summed E-state index contributed by atoms with van der Waals surface area (Å²) in [5.41, 5.74) is 0. The van der Waals surface area contributed by atoms with Gasteiger partial charge in [0.15, 0.2) is 0 Å². The van der Waals surface area contributed by atoms with Gasteiger partial charge in [-0.25, -0.2) is 0 Å². The van der Waals surface area contributed by atoms with Crippen molar-refractivity contribution in [3.8, 4) is 0 Å². The van der Waals surface area contributed by atoms with Crippen molar-refractivity contribution in [3.05, 3.63) is 103 Å². The van der Waals surface area contributed by atoms with Gasteiger partial charge in [-0.05, 0) is 63.0 Å². The van der Waals surface area contributed by atoms with Crippen LogP contribution in [0.25, 0.3) is 0 Å². The zero-order valence-corrected chi connectivity index (χ0v) is 22.4. The molecule has 0 saturated carbocycles. The predicted octanol–water partition coefficient (Wildman–Crippen LogP) is 2.63.